The fourth-order valence-electron chi connectivity index (χ4n) is 2.52. The third-order valence-corrected chi connectivity index (χ3v) is 5.15. The highest BCUT2D eigenvalue weighted by atomic mass is 32.2. The lowest BCUT2D eigenvalue weighted by Crippen LogP contribution is -2.33. The largest absolute Gasteiger partial charge is 0.397 e. The van der Waals surface area contributed by atoms with Crippen molar-refractivity contribution in [2.75, 3.05) is 37.9 Å². The van der Waals surface area contributed by atoms with Gasteiger partial charge >= 0.3 is 0 Å². The lowest BCUT2D eigenvalue weighted by Gasteiger charge is -2.29. The van der Waals surface area contributed by atoms with Crippen LogP contribution in [0.4, 0.5) is 11.4 Å². The maximum Gasteiger partial charge on any atom is 0.240 e. The number of hydrogen-bond donors (Lipinski definition) is 2. The van der Waals surface area contributed by atoms with Gasteiger partial charge in [0.1, 0.15) is 0 Å². The normalized spacial score (nSPS) is 19.4. The van der Waals surface area contributed by atoms with Crippen LogP contribution in [0, 0.1) is 0 Å². The summed E-state index contributed by atoms with van der Waals surface area (Å²) in [6.07, 6.45) is 3.58. The summed E-state index contributed by atoms with van der Waals surface area (Å²) in [6, 6.07) is 4.79. The Morgan fingerprint density at radius 1 is 1.43 bits per heavy atom. The number of nitrogens with zero attached hydrogens (tertiary/aromatic N) is 1. The minimum absolute atomic E-state index is 0.175. The van der Waals surface area contributed by atoms with Gasteiger partial charge in [0.15, 0.2) is 0 Å². The van der Waals surface area contributed by atoms with Gasteiger partial charge in [0.05, 0.1) is 22.4 Å². The molecule has 3 N–H and O–H groups in total. The molecule has 0 bridgehead atoms. The molecule has 7 heteroatoms. The van der Waals surface area contributed by atoms with Gasteiger partial charge in [-0.1, -0.05) is 0 Å². The standard InChI is InChI=1S/C14H23N3O3S/c1-16-21(18,19)12-6-7-14(13(15)9-12)17(2)10-11-5-3-4-8-20-11/h6-7,9,11,16H,3-5,8,10,15H2,1-2H3. The molecule has 1 saturated heterocycles. The third-order valence-electron chi connectivity index (χ3n) is 3.74. The third kappa shape index (κ3) is 3.87. The minimum atomic E-state index is -3.46. The minimum Gasteiger partial charge on any atom is -0.397 e. The van der Waals surface area contributed by atoms with Crippen LogP contribution in [0.25, 0.3) is 0 Å². The Morgan fingerprint density at radius 2 is 2.19 bits per heavy atom. The Labute approximate surface area is 126 Å². The van der Waals surface area contributed by atoms with Crippen LogP contribution in [0.2, 0.25) is 0 Å². The molecule has 0 aromatic heterocycles. The summed E-state index contributed by atoms with van der Waals surface area (Å²) in [4.78, 5) is 2.19. The van der Waals surface area contributed by atoms with Crippen LogP contribution in [0.3, 0.4) is 0 Å². The molecule has 1 fully saturated rings. The first-order valence-electron chi connectivity index (χ1n) is 7.10. The van der Waals surface area contributed by atoms with Crippen LogP contribution in [0.5, 0.6) is 0 Å². The van der Waals surface area contributed by atoms with Crippen molar-refractivity contribution in [1.29, 1.82) is 0 Å². The number of nitrogens with two attached hydrogens (primary N) is 1. The quantitative estimate of drug-likeness (QED) is 0.798. The summed E-state index contributed by atoms with van der Waals surface area (Å²) >= 11 is 0. The molecule has 0 radical (unpaired) electrons. The molecule has 0 aliphatic carbocycles. The second kappa shape index (κ2) is 6.64. The van der Waals surface area contributed by atoms with Crippen LogP contribution < -0.4 is 15.4 Å². The second-order valence-corrected chi connectivity index (χ2v) is 7.18. The van der Waals surface area contributed by atoms with E-state index in [1.807, 2.05) is 11.9 Å². The van der Waals surface area contributed by atoms with E-state index in [9.17, 15) is 8.42 Å². The van der Waals surface area contributed by atoms with Crippen molar-refractivity contribution < 1.29 is 13.2 Å². The van der Waals surface area contributed by atoms with Gasteiger partial charge in [0, 0.05) is 20.2 Å². The summed E-state index contributed by atoms with van der Waals surface area (Å²) in [5, 5.41) is 0. The van der Waals surface area contributed by atoms with Crippen LogP contribution >= 0.6 is 0 Å². The topological polar surface area (TPSA) is 84.7 Å². The first-order valence-corrected chi connectivity index (χ1v) is 8.58. The van der Waals surface area contributed by atoms with Crippen LogP contribution in [0.1, 0.15) is 19.3 Å². The first kappa shape index (κ1) is 16.1. The number of likely N-dealkylation sites (N-methyl/N-ethyl adjacent to an activating group) is 1. The van der Waals surface area contributed by atoms with Gasteiger partial charge in [-0.2, -0.15) is 0 Å². The fraction of sp³-hybridized carbons (Fsp3) is 0.571. The van der Waals surface area contributed by atoms with E-state index in [0.717, 1.165) is 31.7 Å². The van der Waals surface area contributed by atoms with Gasteiger partial charge in [0.2, 0.25) is 10.0 Å². The van der Waals surface area contributed by atoms with Crippen LogP contribution in [-0.2, 0) is 14.8 Å². The number of nitrogens with one attached hydrogen (secondary N) is 1. The van der Waals surface area contributed by atoms with Crippen molar-refractivity contribution in [3.63, 3.8) is 0 Å². The number of ether oxygens (including phenoxy) is 1. The summed E-state index contributed by atoms with van der Waals surface area (Å²) in [6.45, 7) is 1.57. The predicted molar refractivity (Wildman–Crippen MR) is 84.0 cm³/mol. The summed E-state index contributed by atoms with van der Waals surface area (Å²) in [5.74, 6) is 0. The van der Waals surface area contributed by atoms with Crippen LogP contribution in [-0.4, -0.2) is 41.8 Å². The molecule has 21 heavy (non-hydrogen) atoms. The summed E-state index contributed by atoms with van der Waals surface area (Å²) < 4.78 is 31.5. The average Bonchev–Trinajstić information content (AvgIpc) is 2.48. The van der Waals surface area contributed by atoms with E-state index in [1.165, 1.54) is 19.5 Å². The average molecular weight is 313 g/mol. The highest BCUT2D eigenvalue weighted by Gasteiger charge is 2.18. The zero-order valence-corrected chi connectivity index (χ0v) is 13.3. The first-order chi connectivity index (χ1) is 9.94. The molecule has 0 amide bonds. The summed E-state index contributed by atoms with van der Waals surface area (Å²) in [5.41, 5.74) is 7.27. The Bertz CT molecular complexity index is 583. The maximum atomic E-state index is 11.8. The number of benzene rings is 1. The maximum absolute atomic E-state index is 11.8. The molecule has 1 heterocycles. The Hall–Kier alpha value is -1.31. The zero-order valence-electron chi connectivity index (χ0n) is 12.5. The van der Waals surface area contributed by atoms with E-state index in [0.29, 0.717) is 5.69 Å². The molecule has 1 aliphatic heterocycles. The van der Waals surface area contributed by atoms with E-state index >= 15 is 0 Å². The smallest absolute Gasteiger partial charge is 0.240 e. The fourth-order valence-corrected chi connectivity index (χ4v) is 3.29. The Kier molecular flexibility index (Phi) is 5.08. The van der Waals surface area contributed by atoms with Crippen LogP contribution in [0.15, 0.2) is 23.1 Å². The Balaban J connectivity index is 2.12. The molecule has 118 valence electrons. The molecular weight excluding hydrogens is 290 g/mol. The lowest BCUT2D eigenvalue weighted by atomic mass is 10.1. The predicted octanol–water partition coefficient (Wildman–Crippen LogP) is 1.18. The van der Waals surface area contributed by atoms with E-state index < -0.39 is 10.0 Å². The van der Waals surface area contributed by atoms with Gasteiger partial charge < -0.3 is 15.4 Å². The number of rotatable bonds is 5. The summed E-state index contributed by atoms with van der Waals surface area (Å²) in [7, 11) is -0.142. The molecule has 1 atom stereocenters. The highest BCUT2D eigenvalue weighted by Crippen LogP contribution is 2.26. The van der Waals surface area contributed by atoms with E-state index in [-0.39, 0.29) is 11.0 Å². The molecule has 1 unspecified atom stereocenters. The number of nitrogen functional groups attached to an aromatic ring is 1. The highest BCUT2D eigenvalue weighted by molar-refractivity contribution is 7.89. The molecule has 2 rings (SSSR count). The molecule has 1 aliphatic rings. The van der Waals surface area contributed by atoms with Gasteiger partial charge in [-0.05, 0) is 44.5 Å². The number of anilines is 2. The Morgan fingerprint density at radius 3 is 2.76 bits per heavy atom. The van der Waals surface area contributed by atoms with Crippen molar-refractivity contribution in [3.05, 3.63) is 18.2 Å². The van der Waals surface area contributed by atoms with E-state index in [4.69, 9.17) is 10.5 Å². The van der Waals surface area contributed by atoms with Crippen molar-refractivity contribution >= 4 is 21.4 Å². The monoisotopic (exact) mass is 313 g/mol. The van der Waals surface area contributed by atoms with Crippen molar-refractivity contribution in [2.24, 2.45) is 0 Å². The number of hydrogen-bond acceptors (Lipinski definition) is 5. The molecule has 1 aromatic rings. The van der Waals surface area contributed by atoms with Gasteiger partial charge in [-0.15, -0.1) is 0 Å². The van der Waals surface area contributed by atoms with Gasteiger partial charge in [-0.25, -0.2) is 13.1 Å². The molecule has 6 nitrogen and oxygen atoms in total. The van der Waals surface area contributed by atoms with Crippen molar-refractivity contribution in [3.8, 4) is 0 Å². The van der Waals surface area contributed by atoms with Gasteiger partial charge in [0.25, 0.3) is 0 Å². The molecule has 0 spiro atoms. The molecular formula is C14H23N3O3S. The zero-order chi connectivity index (χ0) is 15.5. The number of sulfonamides is 1. The van der Waals surface area contributed by atoms with Crippen molar-refractivity contribution in [1.82, 2.24) is 4.72 Å². The lowest BCUT2D eigenvalue weighted by molar-refractivity contribution is 0.0216. The second-order valence-electron chi connectivity index (χ2n) is 5.30. The SMILES string of the molecule is CNS(=O)(=O)c1ccc(N(C)CC2CCCCO2)c(N)c1. The van der Waals surface area contributed by atoms with Gasteiger partial charge in [-0.3, -0.25) is 0 Å². The van der Waals surface area contributed by atoms with E-state index in [1.54, 1.807) is 12.1 Å². The van der Waals surface area contributed by atoms with Crippen molar-refractivity contribution in [2.45, 2.75) is 30.3 Å². The van der Waals surface area contributed by atoms with E-state index in [2.05, 4.69) is 4.72 Å². The molecule has 0 saturated carbocycles. The molecule has 1 aromatic carbocycles.